The van der Waals surface area contributed by atoms with E-state index in [-0.39, 0.29) is 24.6 Å². The molecule has 33 heavy (non-hydrogen) atoms. The van der Waals surface area contributed by atoms with E-state index in [2.05, 4.69) is 4.99 Å². The maximum Gasteiger partial charge on any atom is 0.338 e. The monoisotopic (exact) mass is 472 g/mol. The van der Waals surface area contributed by atoms with E-state index in [9.17, 15) is 19.7 Å². The van der Waals surface area contributed by atoms with Gasteiger partial charge >= 0.3 is 5.97 Å². The maximum atomic E-state index is 13.0. The number of nitro groups is 1. The Balaban J connectivity index is 1.72. The first-order valence-corrected chi connectivity index (χ1v) is 11.5. The summed E-state index contributed by atoms with van der Waals surface area (Å²) < 4.78 is 10.6. The molecule has 0 aromatic heterocycles. The number of rotatable bonds is 6. The molecule has 0 spiro atoms. The molecule has 0 unspecified atom stereocenters. The molecule has 11 heteroatoms. The number of hydrogen-bond acceptors (Lipinski definition) is 9. The van der Waals surface area contributed by atoms with E-state index < -0.39 is 16.9 Å². The summed E-state index contributed by atoms with van der Waals surface area (Å²) in [5, 5.41) is 13.9. The lowest BCUT2D eigenvalue weighted by molar-refractivity contribution is -0.384. The van der Waals surface area contributed by atoms with E-state index in [4.69, 9.17) is 9.47 Å². The first-order chi connectivity index (χ1) is 15.9. The lowest BCUT2D eigenvalue weighted by atomic mass is 9.93. The van der Waals surface area contributed by atoms with Crippen LogP contribution in [-0.2, 0) is 19.1 Å². The predicted molar refractivity (Wildman–Crippen MR) is 122 cm³/mol. The maximum absolute atomic E-state index is 13.0. The van der Waals surface area contributed by atoms with Crippen LogP contribution < -0.4 is 0 Å². The van der Waals surface area contributed by atoms with Gasteiger partial charge in [0.05, 0.1) is 48.5 Å². The Labute approximate surface area is 195 Å². The van der Waals surface area contributed by atoms with Gasteiger partial charge in [0.25, 0.3) is 5.69 Å². The molecule has 1 aromatic rings. The van der Waals surface area contributed by atoms with Gasteiger partial charge in [-0.15, -0.1) is 0 Å². The van der Waals surface area contributed by atoms with E-state index in [1.807, 2.05) is 10.3 Å². The number of carbonyl (C=O) groups is 2. The second-order valence-electron chi connectivity index (χ2n) is 7.64. The van der Waals surface area contributed by atoms with Crippen molar-refractivity contribution in [3.8, 4) is 0 Å². The van der Waals surface area contributed by atoms with E-state index in [0.29, 0.717) is 54.0 Å². The van der Waals surface area contributed by atoms with Gasteiger partial charge in [-0.3, -0.25) is 14.9 Å². The van der Waals surface area contributed by atoms with Crippen LogP contribution in [0.1, 0.15) is 31.9 Å². The highest BCUT2D eigenvalue weighted by Gasteiger charge is 2.41. The summed E-state index contributed by atoms with van der Waals surface area (Å²) in [6.45, 7) is 5.68. The molecular formula is C22H24N4O6S. The van der Waals surface area contributed by atoms with E-state index in [1.165, 1.54) is 23.9 Å². The van der Waals surface area contributed by atoms with Gasteiger partial charge in [-0.05, 0) is 24.8 Å². The quantitative estimate of drug-likeness (QED) is 0.353. The van der Waals surface area contributed by atoms with Gasteiger partial charge in [0.2, 0.25) is 5.91 Å². The van der Waals surface area contributed by atoms with Crippen LogP contribution in [0, 0.1) is 10.1 Å². The highest BCUT2D eigenvalue weighted by molar-refractivity contribution is 8.16. The minimum absolute atomic E-state index is 0.0480. The number of esters is 1. The summed E-state index contributed by atoms with van der Waals surface area (Å²) in [5.74, 6) is -0.585. The fraction of sp³-hybridized carbons (Fsp3) is 0.409. The number of thioether (sulfide) groups is 1. The highest BCUT2D eigenvalue weighted by Crippen LogP contribution is 2.45. The Bertz CT molecular complexity index is 1080. The van der Waals surface area contributed by atoms with Gasteiger partial charge in [0.1, 0.15) is 0 Å². The number of morpholine rings is 1. The molecule has 3 heterocycles. The Morgan fingerprint density at radius 2 is 2.09 bits per heavy atom. The summed E-state index contributed by atoms with van der Waals surface area (Å²) in [4.78, 5) is 45.0. The smallest absolute Gasteiger partial charge is 0.338 e. The van der Waals surface area contributed by atoms with Crippen LogP contribution in [0.3, 0.4) is 0 Å². The van der Waals surface area contributed by atoms with E-state index in [1.54, 1.807) is 30.9 Å². The zero-order chi connectivity index (χ0) is 23.5. The van der Waals surface area contributed by atoms with Crippen molar-refractivity contribution in [1.29, 1.82) is 0 Å². The molecule has 4 rings (SSSR count). The van der Waals surface area contributed by atoms with Gasteiger partial charge in [-0.25, -0.2) is 9.79 Å². The van der Waals surface area contributed by atoms with Crippen LogP contribution in [-0.4, -0.2) is 64.7 Å². The van der Waals surface area contributed by atoms with Crippen LogP contribution in [0.25, 0.3) is 0 Å². The second-order valence-corrected chi connectivity index (χ2v) is 8.47. The van der Waals surface area contributed by atoms with Crippen molar-refractivity contribution in [3.63, 3.8) is 0 Å². The molecule has 3 aliphatic heterocycles. The molecule has 1 fully saturated rings. The van der Waals surface area contributed by atoms with Crippen molar-refractivity contribution in [3.05, 3.63) is 62.3 Å². The number of non-ortho nitro benzene ring substituents is 1. The molecule has 1 amide bonds. The SMILES string of the molecule is CCOC(=O)C1=C(C)N=C2SC=C(CC(=O)N3CCOCC3)N2[C@H]1c1cccc([N+](=O)[O-])c1. The Hall–Kier alpha value is -3.18. The van der Waals surface area contributed by atoms with Crippen molar-refractivity contribution in [1.82, 2.24) is 9.80 Å². The number of amides is 1. The molecular weight excluding hydrogens is 448 g/mol. The van der Waals surface area contributed by atoms with E-state index >= 15 is 0 Å². The van der Waals surface area contributed by atoms with Crippen LogP contribution in [0.4, 0.5) is 5.69 Å². The fourth-order valence-electron chi connectivity index (χ4n) is 4.04. The number of amidine groups is 1. The minimum Gasteiger partial charge on any atom is -0.463 e. The summed E-state index contributed by atoms with van der Waals surface area (Å²) >= 11 is 1.36. The molecule has 0 aliphatic carbocycles. The van der Waals surface area contributed by atoms with Gasteiger partial charge in [0, 0.05) is 30.9 Å². The topological polar surface area (TPSA) is 115 Å². The Kier molecular flexibility index (Phi) is 6.80. The predicted octanol–water partition coefficient (Wildman–Crippen LogP) is 2.98. The molecule has 10 nitrogen and oxygen atoms in total. The largest absolute Gasteiger partial charge is 0.463 e. The number of fused-ring (bicyclic) bond motifs is 1. The lowest BCUT2D eigenvalue weighted by Gasteiger charge is -2.36. The summed E-state index contributed by atoms with van der Waals surface area (Å²) in [6, 6.07) is 5.47. The Morgan fingerprint density at radius 1 is 1.33 bits per heavy atom. The molecule has 0 N–H and O–H groups in total. The average molecular weight is 473 g/mol. The number of benzene rings is 1. The number of nitro benzene ring substituents is 1. The molecule has 0 bridgehead atoms. The van der Waals surface area contributed by atoms with Crippen LogP contribution in [0.15, 0.2) is 51.6 Å². The third-order valence-corrected chi connectivity index (χ3v) is 6.48. The number of hydrogen-bond donors (Lipinski definition) is 0. The zero-order valence-electron chi connectivity index (χ0n) is 18.4. The van der Waals surface area contributed by atoms with Gasteiger partial charge in [-0.1, -0.05) is 23.9 Å². The average Bonchev–Trinajstić information content (AvgIpc) is 3.20. The summed E-state index contributed by atoms with van der Waals surface area (Å²) in [7, 11) is 0. The highest BCUT2D eigenvalue weighted by atomic mass is 32.2. The third kappa shape index (κ3) is 4.64. The van der Waals surface area contributed by atoms with Crippen LogP contribution in [0.5, 0.6) is 0 Å². The summed E-state index contributed by atoms with van der Waals surface area (Å²) in [6.07, 6.45) is 0.118. The van der Waals surface area contributed by atoms with Gasteiger partial charge in [0.15, 0.2) is 5.17 Å². The molecule has 1 saturated heterocycles. The van der Waals surface area contributed by atoms with Crippen molar-refractivity contribution in [2.75, 3.05) is 32.9 Å². The minimum atomic E-state index is -0.699. The molecule has 1 aromatic carbocycles. The standard InChI is InChI=1S/C22H24N4O6S/c1-3-32-21(28)19-14(2)23-22-25(20(19)15-5-4-6-16(11-15)26(29)30)17(13-33-22)12-18(27)24-7-9-31-10-8-24/h4-6,11,13,20H,3,7-10,12H2,1-2H3/t20-/m0/s1. The second kappa shape index (κ2) is 9.75. The molecule has 0 saturated carbocycles. The fourth-order valence-corrected chi connectivity index (χ4v) is 5.01. The summed E-state index contributed by atoms with van der Waals surface area (Å²) in [5.41, 5.74) is 1.93. The molecule has 174 valence electrons. The molecule has 3 aliphatic rings. The number of ether oxygens (including phenoxy) is 2. The third-order valence-electron chi connectivity index (χ3n) is 5.59. The van der Waals surface area contributed by atoms with Crippen LogP contribution in [0.2, 0.25) is 0 Å². The normalized spacial score (nSPS) is 20.2. The van der Waals surface area contributed by atoms with Crippen molar-refractivity contribution < 1.29 is 24.0 Å². The van der Waals surface area contributed by atoms with Gasteiger partial charge in [-0.2, -0.15) is 0 Å². The Morgan fingerprint density at radius 3 is 2.79 bits per heavy atom. The number of allylic oxidation sites excluding steroid dienone is 1. The molecule has 1 atom stereocenters. The van der Waals surface area contributed by atoms with Crippen molar-refractivity contribution >= 4 is 34.5 Å². The molecule has 0 radical (unpaired) electrons. The van der Waals surface area contributed by atoms with Crippen LogP contribution >= 0.6 is 11.8 Å². The first kappa shape index (κ1) is 23.0. The van der Waals surface area contributed by atoms with Crippen molar-refractivity contribution in [2.24, 2.45) is 4.99 Å². The number of aliphatic imine (C=N–C) groups is 1. The zero-order valence-corrected chi connectivity index (χ0v) is 19.2. The first-order valence-electron chi connectivity index (χ1n) is 10.6. The van der Waals surface area contributed by atoms with E-state index in [0.717, 1.165) is 0 Å². The number of nitrogens with zero attached hydrogens (tertiary/aromatic N) is 4. The number of carbonyl (C=O) groups excluding carboxylic acids is 2. The lowest BCUT2D eigenvalue weighted by Crippen LogP contribution is -2.42. The van der Waals surface area contributed by atoms with Crippen molar-refractivity contribution in [2.45, 2.75) is 26.3 Å². The van der Waals surface area contributed by atoms with Gasteiger partial charge < -0.3 is 19.3 Å².